The number of nitrogens with zero attached hydrogens (tertiary/aromatic N) is 3. The molecule has 1 aromatic carbocycles. The zero-order valence-corrected chi connectivity index (χ0v) is 18.5. The number of benzene rings is 1. The van der Waals surface area contributed by atoms with Crippen LogP contribution in [0.4, 0.5) is 5.69 Å². The molecule has 7 nitrogen and oxygen atoms in total. The topological polar surface area (TPSA) is 90.0 Å². The van der Waals surface area contributed by atoms with Gasteiger partial charge in [0, 0.05) is 22.7 Å². The maximum Gasteiger partial charge on any atom is 0.268 e. The van der Waals surface area contributed by atoms with Gasteiger partial charge in [0.1, 0.15) is 12.2 Å². The third-order valence-corrected chi connectivity index (χ3v) is 5.91. The van der Waals surface area contributed by atoms with Gasteiger partial charge in [0.2, 0.25) is 5.91 Å². The van der Waals surface area contributed by atoms with E-state index >= 15 is 0 Å². The molecule has 4 rings (SSSR count). The highest BCUT2D eigenvalue weighted by Gasteiger charge is 2.19. The van der Waals surface area contributed by atoms with E-state index in [1.807, 2.05) is 58.0 Å². The van der Waals surface area contributed by atoms with E-state index in [1.54, 1.807) is 17.4 Å². The minimum Gasteiger partial charge on any atom is -0.356 e. The number of para-hydroxylation sites is 1. The molecular formula is C23H22N4O3S. The fourth-order valence-electron chi connectivity index (χ4n) is 3.35. The summed E-state index contributed by atoms with van der Waals surface area (Å²) < 4.78 is 6.57. The standard InChI is InChI=1S/C23H22N4O3S/c1-13-6-5-7-14(2)22(13)24-20(28)12-27-21(29)11-17(18-10-15(3)26-30-18)23(25-27)19-9-8-16(4)31-19/h5-11H,12H2,1-4H3,(H,24,28). The number of thiophene rings is 1. The Balaban J connectivity index is 1.72. The minimum absolute atomic E-state index is 0.195. The average molecular weight is 435 g/mol. The second-order valence-corrected chi connectivity index (χ2v) is 8.75. The van der Waals surface area contributed by atoms with Crippen LogP contribution in [0, 0.1) is 27.7 Å². The number of aryl methyl sites for hydroxylation is 4. The van der Waals surface area contributed by atoms with Crippen molar-refractivity contribution in [3.05, 3.63) is 74.5 Å². The zero-order valence-electron chi connectivity index (χ0n) is 17.7. The Morgan fingerprint density at radius 2 is 1.84 bits per heavy atom. The van der Waals surface area contributed by atoms with Crippen molar-refractivity contribution in [1.29, 1.82) is 0 Å². The van der Waals surface area contributed by atoms with Crippen LogP contribution >= 0.6 is 11.3 Å². The number of aromatic nitrogens is 3. The molecule has 0 radical (unpaired) electrons. The van der Waals surface area contributed by atoms with Gasteiger partial charge in [-0.25, -0.2) is 4.68 Å². The summed E-state index contributed by atoms with van der Waals surface area (Å²) in [6.45, 7) is 7.48. The molecule has 0 bridgehead atoms. The fourth-order valence-corrected chi connectivity index (χ4v) is 4.22. The van der Waals surface area contributed by atoms with E-state index in [9.17, 15) is 9.59 Å². The minimum atomic E-state index is -0.391. The monoisotopic (exact) mass is 434 g/mol. The normalized spacial score (nSPS) is 11.0. The summed E-state index contributed by atoms with van der Waals surface area (Å²) in [5, 5.41) is 11.4. The molecule has 3 heterocycles. The first-order chi connectivity index (χ1) is 14.8. The summed E-state index contributed by atoms with van der Waals surface area (Å²) in [5.74, 6) is 0.152. The number of anilines is 1. The summed E-state index contributed by atoms with van der Waals surface area (Å²) in [4.78, 5) is 27.5. The summed E-state index contributed by atoms with van der Waals surface area (Å²) in [7, 11) is 0. The highest BCUT2D eigenvalue weighted by atomic mass is 32.1. The van der Waals surface area contributed by atoms with Gasteiger partial charge in [-0.15, -0.1) is 11.3 Å². The van der Waals surface area contributed by atoms with Gasteiger partial charge in [0.05, 0.1) is 16.1 Å². The van der Waals surface area contributed by atoms with E-state index < -0.39 is 5.56 Å². The zero-order chi connectivity index (χ0) is 22.1. The highest BCUT2D eigenvalue weighted by Crippen LogP contribution is 2.33. The molecule has 0 aliphatic heterocycles. The molecule has 0 saturated carbocycles. The van der Waals surface area contributed by atoms with Crippen molar-refractivity contribution in [3.63, 3.8) is 0 Å². The Labute approximate surface area is 183 Å². The molecule has 0 atom stereocenters. The van der Waals surface area contributed by atoms with Gasteiger partial charge in [-0.1, -0.05) is 23.4 Å². The summed E-state index contributed by atoms with van der Waals surface area (Å²) in [6.07, 6.45) is 0. The predicted octanol–water partition coefficient (Wildman–Crippen LogP) is 4.50. The third-order valence-electron chi connectivity index (χ3n) is 4.90. The lowest BCUT2D eigenvalue weighted by atomic mass is 10.1. The van der Waals surface area contributed by atoms with Crippen LogP contribution in [0.5, 0.6) is 0 Å². The quantitative estimate of drug-likeness (QED) is 0.499. The second kappa shape index (κ2) is 8.31. The van der Waals surface area contributed by atoms with Crippen LogP contribution in [-0.2, 0) is 11.3 Å². The average Bonchev–Trinajstić information content (AvgIpc) is 3.34. The Kier molecular flexibility index (Phi) is 5.56. The molecule has 4 aromatic rings. The summed E-state index contributed by atoms with van der Waals surface area (Å²) in [6, 6.07) is 12.9. The maximum absolute atomic E-state index is 12.8. The first kappa shape index (κ1) is 20.7. The molecule has 0 spiro atoms. The molecule has 158 valence electrons. The van der Waals surface area contributed by atoms with Crippen LogP contribution in [0.1, 0.15) is 21.7 Å². The lowest BCUT2D eigenvalue weighted by Crippen LogP contribution is -2.30. The number of amides is 1. The number of carbonyl (C=O) groups is 1. The molecule has 0 aliphatic carbocycles. The summed E-state index contributed by atoms with van der Waals surface area (Å²) in [5.41, 5.74) is 4.12. The van der Waals surface area contributed by atoms with Crippen molar-refractivity contribution in [2.24, 2.45) is 0 Å². The highest BCUT2D eigenvalue weighted by molar-refractivity contribution is 7.15. The largest absolute Gasteiger partial charge is 0.356 e. The van der Waals surface area contributed by atoms with Crippen molar-refractivity contribution < 1.29 is 9.32 Å². The molecule has 8 heteroatoms. The fraction of sp³-hybridized carbons (Fsp3) is 0.217. The van der Waals surface area contributed by atoms with Crippen LogP contribution in [0.2, 0.25) is 0 Å². The Morgan fingerprint density at radius 1 is 1.10 bits per heavy atom. The Hall–Kier alpha value is -3.52. The predicted molar refractivity (Wildman–Crippen MR) is 121 cm³/mol. The van der Waals surface area contributed by atoms with Gasteiger partial charge >= 0.3 is 0 Å². The van der Waals surface area contributed by atoms with Crippen molar-refractivity contribution >= 4 is 22.9 Å². The van der Waals surface area contributed by atoms with E-state index in [1.165, 1.54) is 10.7 Å². The van der Waals surface area contributed by atoms with E-state index in [0.29, 0.717) is 22.7 Å². The van der Waals surface area contributed by atoms with Crippen LogP contribution in [0.3, 0.4) is 0 Å². The number of nitrogens with one attached hydrogen (secondary N) is 1. The number of carbonyl (C=O) groups excluding carboxylic acids is 1. The van der Waals surface area contributed by atoms with Gasteiger partial charge in [-0.3, -0.25) is 9.59 Å². The number of rotatable bonds is 5. The molecule has 0 saturated heterocycles. The van der Waals surface area contributed by atoms with Gasteiger partial charge in [0.25, 0.3) is 5.56 Å². The second-order valence-electron chi connectivity index (χ2n) is 7.46. The van der Waals surface area contributed by atoms with E-state index in [0.717, 1.165) is 26.6 Å². The van der Waals surface area contributed by atoms with Crippen molar-refractivity contribution in [2.45, 2.75) is 34.2 Å². The molecule has 0 aliphatic rings. The van der Waals surface area contributed by atoms with Crippen molar-refractivity contribution in [2.75, 3.05) is 5.32 Å². The Bertz CT molecular complexity index is 1310. The molecule has 0 fully saturated rings. The van der Waals surface area contributed by atoms with Crippen molar-refractivity contribution in [1.82, 2.24) is 14.9 Å². The smallest absolute Gasteiger partial charge is 0.268 e. The molecule has 31 heavy (non-hydrogen) atoms. The molecule has 1 amide bonds. The van der Waals surface area contributed by atoms with Gasteiger partial charge in [-0.05, 0) is 51.0 Å². The number of hydrogen-bond acceptors (Lipinski definition) is 6. The first-order valence-electron chi connectivity index (χ1n) is 9.80. The molecular weight excluding hydrogens is 412 g/mol. The van der Waals surface area contributed by atoms with Gasteiger partial charge in [-0.2, -0.15) is 5.10 Å². The van der Waals surface area contributed by atoms with Gasteiger partial charge in [0.15, 0.2) is 5.76 Å². The van der Waals surface area contributed by atoms with Gasteiger partial charge < -0.3 is 9.84 Å². The van der Waals surface area contributed by atoms with E-state index in [-0.39, 0.29) is 12.5 Å². The molecule has 0 unspecified atom stereocenters. The lowest BCUT2D eigenvalue weighted by molar-refractivity contribution is -0.117. The van der Waals surface area contributed by atoms with Crippen LogP contribution in [-0.4, -0.2) is 20.8 Å². The van der Waals surface area contributed by atoms with Crippen LogP contribution < -0.4 is 10.9 Å². The Morgan fingerprint density at radius 3 is 2.45 bits per heavy atom. The molecule has 1 N–H and O–H groups in total. The van der Waals surface area contributed by atoms with E-state index in [4.69, 9.17) is 4.52 Å². The van der Waals surface area contributed by atoms with Crippen LogP contribution in [0.15, 0.2) is 51.8 Å². The first-order valence-corrected chi connectivity index (χ1v) is 10.6. The summed E-state index contributed by atoms with van der Waals surface area (Å²) >= 11 is 1.56. The van der Waals surface area contributed by atoms with Crippen LogP contribution in [0.25, 0.3) is 21.9 Å². The third kappa shape index (κ3) is 4.34. The van der Waals surface area contributed by atoms with Crippen molar-refractivity contribution in [3.8, 4) is 21.9 Å². The van der Waals surface area contributed by atoms with E-state index in [2.05, 4.69) is 15.6 Å². The maximum atomic E-state index is 12.8. The molecule has 3 aromatic heterocycles. The SMILES string of the molecule is Cc1cc(-c2cc(=O)n(CC(=O)Nc3c(C)cccc3C)nc2-c2ccc(C)s2)on1. The number of hydrogen-bond donors (Lipinski definition) is 1. The lowest BCUT2D eigenvalue weighted by Gasteiger charge is -2.13.